The number of pyridine rings is 1. The van der Waals surface area contributed by atoms with E-state index < -0.39 is 0 Å². The fraction of sp³-hybridized carbons (Fsp3) is 0.188. The van der Waals surface area contributed by atoms with Crippen LogP contribution in [-0.4, -0.2) is 17.5 Å². The van der Waals surface area contributed by atoms with Crippen LogP contribution < -0.4 is 10.1 Å². The van der Waals surface area contributed by atoms with E-state index in [9.17, 15) is 4.79 Å². The van der Waals surface area contributed by atoms with Crippen LogP contribution in [0.25, 0.3) is 0 Å². The van der Waals surface area contributed by atoms with E-state index in [0.29, 0.717) is 18.1 Å². The van der Waals surface area contributed by atoms with Gasteiger partial charge in [-0.2, -0.15) is 5.26 Å². The smallest absolute Gasteiger partial charge is 0.225 e. The van der Waals surface area contributed by atoms with Crippen molar-refractivity contribution in [3.8, 4) is 11.9 Å². The molecule has 0 saturated heterocycles. The Bertz CT molecular complexity index is 704. The topological polar surface area (TPSA) is 75.0 Å². The molecule has 3 rings (SSSR count). The summed E-state index contributed by atoms with van der Waals surface area (Å²) in [7, 11) is 0. The second-order valence-electron chi connectivity index (χ2n) is 4.81. The molecule has 0 spiro atoms. The van der Waals surface area contributed by atoms with Gasteiger partial charge in [0.05, 0.1) is 24.1 Å². The molecule has 1 aromatic carbocycles. The monoisotopic (exact) mass is 279 g/mol. The molecule has 5 nitrogen and oxygen atoms in total. The van der Waals surface area contributed by atoms with Gasteiger partial charge in [0.1, 0.15) is 6.61 Å². The average molecular weight is 279 g/mol. The van der Waals surface area contributed by atoms with Crippen molar-refractivity contribution in [3.05, 3.63) is 59.3 Å². The van der Waals surface area contributed by atoms with Gasteiger partial charge in [0.25, 0.3) is 0 Å². The summed E-state index contributed by atoms with van der Waals surface area (Å²) in [5, 5.41) is 11.7. The molecule has 5 heteroatoms. The largest absolute Gasteiger partial charge is 0.475 e. The zero-order chi connectivity index (χ0) is 14.7. The van der Waals surface area contributed by atoms with E-state index in [4.69, 9.17) is 10.00 Å². The van der Waals surface area contributed by atoms with Crippen LogP contribution in [0.3, 0.4) is 0 Å². The zero-order valence-electron chi connectivity index (χ0n) is 11.2. The normalized spacial score (nSPS) is 15.7. The van der Waals surface area contributed by atoms with Crippen LogP contribution in [0, 0.1) is 11.3 Å². The molecule has 21 heavy (non-hydrogen) atoms. The molecule has 0 bridgehead atoms. The number of amides is 1. The Morgan fingerprint density at radius 3 is 2.95 bits per heavy atom. The van der Waals surface area contributed by atoms with Crippen LogP contribution in [0.2, 0.25) is 0 Å². The molecule has 0 radical (unpaired) electrons. The molecule has 0 fully saturated rings. The second kappa shape index (κ2) is 5.63. The first-order chi connectivity index (χ1) is 10.3. The van der Waals surface area contributed by atoms with E-state index in [1.165, 1.54) is 0 Å². The lowest BCUT2D eigenvalue weighted by Crippen LogP contribution is -2.30. The molecule has 1 unspecified atom stereocenters. The van der Waals surface area contributed by atoms with E-state index in [1.807, 2.05) is 12.1 Å². The van der Waals surface area contributed by atoms with Gasteiger partial charge in [0, 0.05) is 11.8 Å². The Kier molecular flexibility index (Phi) is 3.52. The van der Waals surface area contributed by atoms with Crippen molar-refractivity contribution in [1.29, 1.82) is 5.26 Å². The second-order valence-corrected chi connectivity index (χ2v) is 4.81. The minimum absolute atomic E-state index is 0.0787. The third-order valence-corrected chi connectivity index (χ3v) is 3.35. The Morgan fingerprint density at radius 2 is 2.19 bits per heavy atom. The number of ether oxygens (including phenoxy) is 1. The summed E-state index contributed by atoms with van der Waals surface area (Å²) in [4.78, 5) is 16.2. The maximum absolute atomic E-state index is 12.1. The van der Waals surface area contributed by atoms with Crippen LogP contribution in [-0.2, 0) is 11.2 Å². The number of carbonyl (C=O) groups is 1. The van der Waals surface area contributed by atoms with Crippen molar-refractivity contribution in [2.45, 2.75) is 12.5 Å². The van der Waals surface area contributed by atoms with Crippen molar-refractivity contribution < 1.29 is 9.53 Å². The molecular weight excluding hydrogens is 266 g/mol. The Balaban J connectivity index is 1.63. The van der Waals surface area contributed by atoms with Crippen molar-refractivity contribution in [3.63, 3.8) is 0 Å². The molecular formula is C16H13N3O2. The molecule has 0 aliphatic carbocycles. The lowest BCUT2D eigenvalue weighted by atomic mass is 10.1. The van der Waals surface area contributed by atoms with Crippen LogP contribution in [0.1, 0.15) is 22.7 Å². The number of hydrogen-bond acceptors (Lipinski definition) is 4. The minimum Gasteiger partial charge on any atom is -0.475 e. The van der Waals surface area contributed by atoms with E-state index >= 15 is 0 Å². The summed E-state index contributed by atoms with van der Waals surface area (Å²) in [6.45, 7) is 0.408. The number of fused-ring (bicyclic) bond motifs is 1. The Hall–Kier alpha value is -2.87. The lowest BCUT2D eigenvalue weighted by Gasteiger charge is -2.11. The Morgan fingerprint density at radius 1 is 1.38 bits per heavy atom. The van der Waals surface area contributed by atoms with Crippen LogP contribution in [0.15, 0.2) is 42.6 Å². The molecule has 1 N–H and O–H groups in total. The van der Waals surface area contributed by atoms with Gasteiger partial charge < -0.3 is 10.1 Å². The lowest BCUT2D eigenvalue weighted by molar-refractivity contribution is -0.121. The predicted octanol–water partition coefficient (Wildman–Crippen LogP) is 1.75. The van der Waals surface area contributed by atoms with Gasteiger partial charge in [0.2, 0.25) is 11.8 Å². The van der Waals surface area contributed by atoms with Crippen LogP contribution >= 0.6 is 0 Å². The van der Waals surface area contributed by atoms with Crippen molar-refractivity contribution in [2.24, 2.45) is 0 Å². The number of carbonyl (C=O) groups excluding carboxylic acids is 1. The third-order valence-electron chi connectivity index (χ3n) is 3.35. The first-order valence-electron chi connectivity index (χ1n) is 6.62. The number of nitrogens with one attached hydrogen (secondary N) is 1. The van der Waals surface area contributed by atoms with Gasteiger partial charge >= 0.3 is 0 Å². The quantitative estimate of drug-likeness (QED) is 0.928. The highest BCUT2D eigenvalue weighted by Crippen LogP contribution is 2.29. The molecule has 104 valence electrons. The van der Waals surface area contributed by atoms with Gasteiger partial charge in [-0.3, -0.25) is 4.79 Å². The number of nitriles is 1. The van der Waals surface area contributed by atoms with Crippen molar-refractivity contribution >= 4 is 5.91 Å². The van der Waals surface area contributed by atoms with Gasteiger partial charge in [-0.25, -0.2) is 4.98 Å². The fourth-order valence-electron chi connectivity index (χ4n) is 2.29. The molecule has 1 aromatic heterocycles. The van der Waals surface area contributed by atoms with E-state index in [2.05, 4.69) is 16.4 Å². The molecule has 1 atom stereocenters. The van der Waals surface area contributed by atoms with Gasteiger partial charge in [0.15, 0.2) is 0 Å². The average Bonchev–Trinajstić information content (AvgIpc) is 2.91. The molecule has 1 amide bonds. The highest BCUT2D eigenvalue weighted by molar-refractivity contribution is 5.79. The molecule has 2 heterocycles. The van der Waals surface area contributed by atoms with Gasteiger partial charge in [-0.1, -0.05) is 12.1 Å². The number of aromatic nitrogens is 1. The third kappa shape index (κ3) is 2.84. The molecule has 1 aliphatic rings. The summed E-state index contributed by atoms with van der Waals surface area (Å²) in [5.74, 6) is 0.506. The standard InChI is InChI=1S/C16H13N3O2/c17-9-12-5-3-11(4-6-12)8-15(20)19-14-10-21-16-13(14)2-1-7-18-16/h1-7,14H,8,10H2,(H,19,20). The molecule has 0 saturated carbocycles. The fourth-order valence-corrected chi connectivity index (χ4v) is 2.29. The number of benzene rings is 1. The minimum atomic E-state index is -0.153. The number of rotatable bonds is 3. The summed E-state index contributed by atoms with van der Waals surface area (Å²) < 4.78 is 5.43. The first kappa shape index (κ1) is 13.1. The van der Waals surface area contributed by atoms with Crippen molar-refractivity contribution in [1.82, 2.24) is 10.3 Å². The van der Waals surface area contributed by atoms with Crippen molar-refractivity contribution in [2.75, 3.05) is 6.61 Å². The van der Waals surface area contributed by atoms with Crippen LogP contribution in [0.4, 0.5) is 0 Å². The maximum atomic E-state index is 12.1. The SMILES string of the molecule is N#Cc1ccc(CC(=O)NC2COc3ncccc32)cc1. The highest BCUT2D eigenvalue weighted by Gasteiger charge is 2.26. The van der Waals surface area contributed by atoms with E-state index in [1.54, 1.807) is 30.5 Å². The highest BCUT2D eigenvalue weighted by atomic mass is 16.5. The number of nitrogens with zero attached hydrogens (tertiary/aromatic N) is 2. The van der Waals surface area contributed by atoms with Crippen LogP contribution in [0.5, 0.6) is 5.88 Å². The summed E-state index contributed by atoms with van der Waals surface area (Å²) in [6.07, 6.45) is 1.94. The summed E-state index contributed by atoms with van der Waals surface area (Å²) in [6, 6.07) is 12.6. The Labute approximate surface area is 122 Å². The molecule has 1 aliphatic heterocycles. The van der Waals surface area contributed by atoms with Gasteiger partial charge in [-0.05, 0) is 29.8 Å². The first-order valence-corrected chi connectivity index (χ1v) is 6.62. The van der Waals surface area contributed by atoms with Gasteiger partial charge in [-0.15, -0.1) is 0 Å². The van der Waals surface area contributed by atoms with E-state index in [-0.39, 0.29) is 18.4 Å². The predicted molar refractivity (Wildman–Crippen MR) is 75.5 cm³/mol. The zero-order valence-corrected chi connectivity index (χ0v) is 11.2. The summed E-state index contributed by atoms with van der Waals surface area (Å²) in [5.41, 5.74) is 2.37. The number of hydrogen-bond donors (Lipinski definition) is 1. The molecule has 2 aromatic rings. The summed E-state index contributed by atoms with van der Waals surface area (Å²) >= 11 is 0. The maximum Gasteiger partial charge on any atom is 0.225 e. The van der Waals surface area contributed by atoms with E-state index in [0.717, 1.165) is 11.1 Å².